The van der Waals surface area contributed by atoms with Crippen molar-refractivity contribution in [3.05, 3.63) is 15.0 Å². The topological polar surface area (TPSA) is 56.0 Å². The molecule has 0 saturated heterocycles. The Morgan fingerprint density at radius 3 is 3.00 bits per heavy atom. The van der Waals surface area contributed by atoms with Gasteiger partial charge in [0, 0.05) is 6.42 Å². The Labute approximate surface area is 76.8 Å². The van der Waals surface area contributed by atoms with Gasteiger partial charge in [0.2, 0.25) is 0 Å². The maximum absolute atomic E-state index is 11.1. The molecule has 0 atom stereocenters. The van der Waals surface area contributed by atoms with E-state index in [1.165, 1.54) is 11.3 Å². The van der Waals surface area contributed by atoms with Crippen LogP contribution in [-0.4, -0.2) is 17.3 Å². The van der Waals surface area contributed by atoms with Gasteiger partial charge in [0.05, 0.1) is 9.98 Å². The molecule has 3 nitrogen and oxygen atoms in total. The largest absolute Gasteiger partial charge is 0.330 e. The molecule has 0 radical (unpaired) electrons. The van der Waals surface area contributed by atoms with Crippen LogP contribution in [0.1, 0.15) is 16.2 Å². The average molecular weight is 235 g/mol. The van der Waals surface area contributed by atoms with Crippen LogP contribution >= 0.6 is 27.3 Å². The molecule has 5 heteroatoms. The van der Waals surface area contributed by atoms with Gasteiger partial charge in [0.25, 0.3) is 0 Å². The number of carbonyl (C=O) groups is 1. The number of hydrogen-bond acceptors (Lipinski definition) is 4. The molecule has 1 aromatic rings. The smallest absolute Gasteiger partial charge is 0.192 e. The predicted octanol–water partition coefficient (Wildman–Crippen LogP) is 1.44. The van der Waals surface area contributed by atoms with E-state index in [0.29, 0.717) is 18.0 Å². The number of rotatable bonds is 3. The Morgan fingerprint density at radius 2 is 2.55 bits per heavy atom. The first-order chi connectivity index (χ1) is 5.24. The molecule has 1 heterocycles. The maximum Gasteiger partial charge on any atom is 0.192 e. The van der Waals surface area contributed by atoms with Crippen molar-refractivity contribution in [3.63, 3.8) is 0 Å². The lowest BCUT2D eigenvalue weighted by molar-refractivity contribution is 0.0985. The summed E-state index contributed by atoms with van der Waals surface area (Å²) in [4.78, 5) is 15.0. The highest BCUT2D eigenvalue weighted by Gasteiger charge is 2.08. The number of aromatic nitrogens is 1. The van der Waals surface area contributed by atoms with Gasteiger partial charge in [-0.2, -0.15) is 0 Å². The van der Waals surface area contributed by atoms with Gasteiger partial charge in [-0.15, -0.1) is 11.3 Å². The molecule has 11 heavy (non-hydrogen) atoms. The standard InChI is InChI=1S/C6H7BrN2OS/c7-5-3-9-6(11-5)4(10)1-2-8/h3H,1-2,8H2. The molecule has 0 bridgehead atoms. The second kappa shape index (κ2) is 3.94. The number of thiazole rings is 1. The van der Waals surface area contributed by atoms with Gasteiger partial charge in [0.15, 0.2) is 10.8 Å². The van der Waals surface area contributed by atoms with Crippen molar-refractivity contribution in [3.8, 4) is 0 Å². The quantitative estimate of drug-likeness (QED) is 0.806. The van der Waals surface area contributed by atoms with Gasteiger partial charge in [-0.3, -0.25) is 4.79 Å². The number of hydrogen-bond donors (Lipinski definition) is 1. The van der Waals surface area contributed by atoms with Crippen molar-refractivity contribution >= 4 is 33.0 Å². The molecule has 0 aliphatic carbocycles. The fraction of sp³-hybridized carbons (Fsp3) is 0.333. The van der Waals surface area contributed by atoms with Crippen molar-refractivity contribution < 1.29 is 4.79 Å². The molecule has 0 amide bonds. The van der Waals surface area contributed by atoms with Gasteiger partial charge >= 0.3 is 0 Å². The van der Waals surface area contributed by atoms with E-state index in [0.717, 1.165) is 3.79 Å². The lowest BCUT2D eigenvalue weighted by Crippen LogP contribution is -2.07. The van der Waals surface area contributed by atoms with Crippen molar-refractivity contribution in [2.75, 3.05) is 6.54 Å². The zero-order valence-corrected chi connectivity index (χ0v) is 8.11. The highest BCUT2D eigenvalue weighted by atomic mass is 79.9. The molecule has 0 saturated carbocycles. The highest BCUT2D eigenvalue weighted by Crippen LogP contribution is 2.19. The fourth-order valence-corrected chi connectivity index (χ4v) is 1.80. The third-order valence-electron chi connectivity index (χ3n) is 1.09. The molecule has 0 aromatic carbocycles. The summed E-state index contributed by atoms with van der Waals surface area (Å²) in [6.07, 6.45) is 1.99. The molecule has 0 aliphatic rings. The maximum atomic E-state index is 11.1. The van der Waals surface area contributed by atoms with Crippen molar-refractivity contribution in [2.45, 2.75) is 6.42 Å². The summed E-state index contributed by atoms with van der Waals surface area (Å²) in [6.45, 7) is 0.385. The first-order valence-corrected chi connectivity index (χ1v) is 4.69. The van der Waals surface area contributed by atoms with E-state index < -0.39 is 0 Å². The summed E-state index contributed by atoms with van der Waals surface area (Å²) in [5.41, 5.74) is 5.22. The Morgan fingerprint density at radius 1 is 1.82 bits per heavy atom. The summed E-state index contributed by atoms with van der Waals surface area (Å²) < 4.78 is 0.873. The molecular formula is C6H7BrN2OS. The van der Waals surface area contributed by atoms with E-state index in [9.17, 15) is 4.79 Å². The Hall–Kier alpha value is -0.260. The van der Waals surface area contributed by atoms with Gasteiger partial charge in [-0.05, 0) is 22.5 Å². The monoisotopic (exact) mass is 234 g/mol. The molecule has 60 valence electrons. The summed E-state index contributed by atoms with van der Waals surface area (Å²) >= 11 is 4.56. The van der Waals surface area contributed by atoms with Gasteiger partial charge in [0.1, 0.15) is 0 Å². The Bertz CT molecular complexity index is 261. The van der Waals surface area contributed by atoms with Crippen LogP contribution in [0, 0.1) is 0 Å². The fourth-order valence-electron chi connectivity index (χ4n) is 0.621. The van der Waals surface area contributed by atoms with Crippen LogP contribution in [0.5, 0.6) is 0 Å². The van der Waals surface area contributed by atoms with Gasteiger partial charge in [-0.1, -0.05) is 0 Å². The number of ketones is 1. The van der Waals surface area contributed by atoms with Gasteiger partial charge in [-0.25, -0.2) is 4.98 Å². The van der Waals surface area contributed by atoms with Crippen LogP contribution in [0.15, 0.2) is 9.98 Å². The van der Waals surface area contributed by atoms with Crippen LogP contribution in [0.3, 0.4) is 0 Å². The van der Waals surface area contributed by atoms with Crippen LogP contribution in [0.2, 0.25) is 0 Å². The van der Waals surface area contributed by atoms with Crippen molar-refractivity contribution in [2.24, 2.45) is 5.73 Å². The number of halogens is 1. The summed E-state index contributed by atoms with van der Waals surface area (Å²) in [7, 11) is 0. The third kappa shape index (κ3) is 2.36. The van der Waals surface area contributed by atoms with Crippen molar-refractivity contribution in [1.82, 2.24) is 4.98 Å². The molecule has 0 fully saturated rings. The van der Waals surface area contributed by atoms with Crippen LogP contribution in [0.25, 0.3) is 0 Å². The summed E-state index contributed by atoms with van der Waals surface area (Å²) in [6, 6.07) is 0. The second-order valence-electron chi connectivity index (χ2n) is 1.93. The Kier molecular flexibility index (Phi) is 3.16. The minimum atomic E-state index is 0.0169. The van der Waals surface area contributed by atoms with E-state index >= 15 is 0 Å². The number of nitrogens with two attached hydrogens (primary N) is 1. The highest BCUT2D eigenvalue weighted by molar-refractivity contribution is 9.11. The Balaban J connectivity index is 2.69. The molecule has 1 aromatic heterocycles. The molecule has 2 N–H and O–H groups in total. The van der Waals surface area contributed by atoms with E-state index in [1.54, 1.807) is 6.20 Å². The number of Topliss-reactive ketones (excluding diaryl/α,β-unsaturated/α-hetero) is 1. The lowest BCUT2D eigenvalue weighted by atomic mass is 10.3. The third-order valence-corrected chi connectivity index (χ3v) is 2.60. The first-order valence-electron chi connectivity index (χ1n) is 3.08. The molecule has 0 unspecified atom stereocenters. The first kappa shape index (κ1) is 8.83. The SMILES string of the molecule is NCCC(=O)c1ncc(Br)s1. The van der Waals surface area contributed by atoms with Crippen LogP contribution in [0.4, 0.5) is 0 Å². The van der Waals surface area contributed by atoms with Crippen LogP contribution in [-0.2, 0) is 0 Å². The zero-order valence-electron chi connectivity index (χ0n) is 5.71. The summed E-state index contributed by atoms with van der Waals surface area (Å²) in [5, 5.41) is 0.530. The zero-order chi connectivity index (χ0) is 8.27. The number of carbonyl (C=O) groups excluding carboxylic acids is 1. The predicted molar refractivity (Wildman–Crippen MR) is 47.8 cm³/mol. The normalized spacial score (nSPS) is 10.0. The van der Waals surface area contributed by atoms with Crippen molar-refractivity contribution in [1.29, 1.82) is 0 Å². The lowest BCUT2D eigenvalue weighted by Gasteiger charge is -1.89. The van der Waals surface area contributed by atoms with E-state index in [4.69, 9.17) is 5.73 Å². The molecular weight excluding hydrogens is 228 g/mol. The van der Waals surface area contributed by atoms with E-state index in [-0.39, 0.29) is 5.78 Å². The summed E-state index contributed by atoms with van der Waals surface area (Å²) in [5.74, 6) is 0.0169. The second-order valence-corrected chi connectivity index (χ2v) is 4.34. The van der Waals surface area contributed by atoms with E-state index in [1.807, 2.05) is 0 Å². The number of nitrogens with zero attached hydrogens (tertiary/aromatic N) is 1. The van der Waals surface area contributed by atoms with E-state index in [2.05, 4.69) is 20.9 Å². The molecule has 0 spiro atoms. The molecule has 1 rings (SSSR count). The van der Waals surface area contributed by atoms with Crippen LogP contribution < -0.4 is 5.73 Å². The molecule has 0 aliphatic heterocycles. The minimum absolute atomic E-state index is 0.0169. The van der Waals surface area contributed by atoms with Gasteiger partial charge < -0.3 is 5.73 Å². The minimum Gasteiger partial charge on any atom is -0.330 e. The average Bonchev–Trinajstić information content (AvgIpc) is 2.36.